The van der Waals surface area contributed by atoms with Crippen molar-refractivity contribution in [1.29, 1.82) is 0 Å². The number of nitrogens with one attached hydrogen (secondary N) is 1. The van der Waals surface area contributed by atoms with Crippen LogP contribution in [0.4, 0.5) is 11.5 Å². The summed E-state index contributed by atoms with van der Waals surface area (Å²) in [5.41, 5.74) is 10.1. The van der Waals surface area contributed by atoms with Crippen molar-refractivity contribution in [3.05, 3.63) is 54.2 Å². The predicted octanol–water partition coefficient (Wildman–Crippen LogP) is 5.55. The van der Waals surface area contributed by atoms with Crippen LogP contribution in [0, 0.1) is 23.7 Å². The molecular formula is C36H46N6O3. The van der Waals surface area contributed by atoms with Gasteiger partial charge in [-0.2, -0.15) is 0 Å². The van der Waals surface area contributed by atoms with Gasteiger partial charge in [0.2, 0.25) is 5.88 Å². The molecule has 0 amide bonds. The average molecular weight is 611 g/mol. The van der Waals surface area contributed by atoms with Crippen LogP contribution in [0.5, 0.6) is 11.6 Å². The van der Waals surface area contributed by atoms with Gasteiger partial charge in [0.15, 0.2) is 5.82 Å². The van der Waals surface area contributed by atoms with Crippen molar-refractivity contribution in [3.63, 3.8) is 0 Å². The highest BCUT2D eigenvalue weighted by molar-refractivity contribution is 5.74. The van der Waals surface area contributed by atoms with Gasteiger partial charge in [-0.1, -0.05) is 12.1 Å². The molecule has 9 rings (SSSR count). The van der Waals surface area contributed by atoms with Crippen LogP contribution in [0.3, 0.4) is 0 Å². The zero-order chi connectivity index (χ0) is 30.3. The molecule has 9 nitrogen and oxygen atoms in total. The molecule has 1 aliphatic heterocycles. The predicted molar refractivity (Wildman–Crippen MR) is 174 cm³/mol. The summed E-state index contributed by atoms with van der Waals surface area (Å²) in [4.78, 5) is 7.03. The number of ether oxygens (including phenoxy) is 2. The van der Waals surface area contributed by atoms with E-state index in [1.807, 2.05) is 30.5 Å². The lowest BCUT2D eigenvalue weighted by molar-refractivity contribution is -0.104. The van der Waals surface area contributed by atoms with Crippen molar-refractivity contribution in [2.24, 2.45) is 23.7 Å². The molecule has 238 valence electrons. The van der Waals surface area contributed by atoms with Gasteiger partial charge in [-0.25, -0.2) is 4.98 Å². The molecule has 2 bridgehead atoms. The molecule has 2 atom stereocenters. The second-order valence-electron chi connectivity index (χ2n) is 14.2. The van der Waals surface area contributed by atoms with Crippen molar-refractivity contribution in [2.45, 2.75) is 82.0 Å². The summed E-state index contributed by atoms with van der Waals surface area (Å²) in [5, 5.41) is 22.6. The molecule has 45 heavy (non-hydrogen) atoms. The second-order valence-corrected chi connectivity index (χ2v) is 14.2. The fourth-order valence-corrected chi connectivity index (χ4v) is 8.22. The summed E-state index contributed by atoms with van der Waals surface area (Å²) < 4.78 is 12.6. The summed E-state index contributed by atoms with van der Waals surface area (Å²) in [6.45, 7) is 4.07. The molecule has 6 fully saturated rings. The first-order valence-electron chi connectivity index (χ1n) is 17.2. The van der Waals surface area contributed by atoms with E-state index in [4.69, 9.17) is 15.2 Å². The van der Waals surface area contributed by atoms with Crippen LogP contribution in [-0.2, 0) is 4.74 Å². The highest BCUT2D eigenvalue weighted by Crippen LogP contribution is 2.59. The molecule has 1 saturated heterocycles. The largest absolute Gasteiger partial charge is 0.507 e. The standard InChI is InChI=1S/C36H46N6O3/c37-36-33(20-32(40-41-36)30-3-1-2-4-34(30)43)42(21-31-24-15-25(31)16-24)14-10-22-5-6-29(22)23-7-13-39-35(17-23)45-28-18-27(19-28)44-26-8-11-38-12-9-26/h1-4,7,13,17,20,22,24-29,31,38,43H,5-6,8-12,14-16,18-19,21H2,(H2,37,41). The number of phenolic OH excluding ortho intramolecular Hbond substituents is 1. The number of anilines is 2. The normalized spacial score (nSPS) is 30.4. The number of phenols is 1. The minimum Gasteiger partial charge on any atom is -0.507 e. The Morgan fingerprint density at radius 3 is 2.47 bits per heavy atom. The van der Waals surface area contributed by atoms with E-state index in [0.717, 1.165) is 87.6 Å². The maximum absolute atomic E-state index is 10.5. The highest BCUT2D eigenvalue weighted by Gasteiger charge is 2.52. The number of nitrogens with two attached hydrogens (primary N) is 1. The quantitative estimate of drug-likeness (QED) is 0.243. The number of hydrogen-bond donors (Lipinski definition) is 3. The maximum Gasteiger partial charge on any atom is 0.213 e. The Morgan fingerprint density at radius 2 is 1.73 bits per heavy atom. The molecule has 3 aromatic rings. The van der Waals surface area contributed by atoms with Crippen LogP contribution in [0.1, 0.15) is 69.3 Å². The molecule has 2 aromatic heterocycles. The Bertz CT molecular complexity index is 1480. The molecule has 0 spiro atoms. The minimum atomic E-state index is 0.199. The van der Waals surface area contributed by atoms with Crippen molar-refractivity contribution in [3.8, 4) is 22.9 Å². The van der Waals surface area contributed by atoms with Crippen LogP contribution in [0.2, 0.25) is 0 Å². The molecule has 4 N–H and O–H groups in total. The van der Waals surface area contributed by atoms with E-state index in [1.165, 1.54) is 31.2 Å². The third-order valence-electron chi connectivity index (χ3n) is 11.6. The van der Waals surface area contributed by atoms with E-state index >= 15 is 0 Å². The lowest BCUT2D eigenvalue weighted by atomic mass is 9.48. The molecule has 5 aliphatic carbocycles. The molecule has 3 heterocycles. The number of piperidine rings is 1. The number of pyridine rings is 1. The van der Waals surface area contributed by atoms with Crippen molar-refractivity contribution in [1.82, 2.24) is 20.5 Å². The Morgan fingerprint density at radius 1 is 0.911 bits per heavy atom. The van der Waals surface area contributed by atoms with E-state index in [0.29, 0.717) is 41.1 Å². The van der Waals surface area contributed by atoms with Gasteiger partial charge in [0.25, 0.3) is 0 Å². The first-order valence-corrected chi connectivity index (χ1v) is 17.2. The van der Waals surface area contributed by atoms with E-state index in [-0.39, 0.29) is 11.9 Å². The van der Waals surface area contributed by atoms with E-state index in [2.05, 4.69) is 37.5 Å². The Balaban J connectivity index is 0.906. The Labute approximate surface area is 265 Å². The van der Waals surface area contributed by atoms with E-state index in [1.54, 1.807) is 6.07 Å². The van der Waals surface area contributed by atoms with Gasteiger partial charge in [-0.3, -0.25) is 0 Å². The van der Waals surface area contributed by atoms with Crippen LogP contribution >= 0.6 is 0 Å². The maximum atomic E-state index is 10.5. The average Bonchev–Trinajstić information content (AvgIpc) is 2.97. The fraction of sp³-hybridized carbons (Fsp3) is 0.583. The number of hydrogen-bond acceptors (Lipinski definition) is 9. The van der Waals surface area contributed by atoms with Crippen molar-refractivity contribution in [2.75, 3.05) is 36.8 Å². The van der Waals surface area contributed by atoms with Crippen LogP contribution in [0.15, 0.2) is 48.7 Å². The number of nitrogen functional groups attached to an aromatic ring is 1. The molecule has 1 aromatic carbocycles. The molecule has 0 radical (unpaired) electrons. The fourth-order valence-electron chi connectivity index (χ4n) is 8.22. The number of aromatic hydroxyl groups is 1. The molecule has 2 unspecified atom stereocenters. The van der Waals surface area contributed by atoms with Crippen molar-refractivity contribution < 1.29 is 14.6 Å². The lowest BCUT2D eigenvalue weighted by Crippen LogP contribution is -2.55. The minimum absolute atomic E-state index is 0.199. The van der Waals surface area contributed by atoms with Gasteiger partial charge >= 0.3 is 0 Å². The molecule has 6 aliphatic rings. The number of aromatic nitrogens is 3. The van der Waals surface area contributed by atoms with Crippen LogP contribution in [0.25, 0.3) is 11.3 Å². The third-order valence-corrected chi connectivity index (χ3v) is 11.6. The van der Waals surface area contributed by atoms with Gasteiger partial charge in [-0.05, 0) is 117 Å². The molecule has 9 heteroatoms. The van der Waals surface area contributed by atoms with Gasteiger partial charge in [0.1, 0.15) is 11.9 Å². The highest BCUT2D eigenvalue weighted by atomic mass is 16.5. The number of nitrogens with zero attached hydrogens (tertiary/aromatic N) is 4. The van der Waals surface area contributed by atoms with Gasteiger partial charge in [0, 0.05) is 43.8 Å². The SMILES string of the molecule is Nc1nnc(-c2ccccc2O)cc1N(CCC1CCC1c1ccnc(OC2CC(OC3CCNCC3)C2)c1)CC1C2CC1C2. The van der Waals surface area contributed by atoms with Crippen molar-refractivity contribution >= 4 is 11.5 Å². The second kappa shape index (κ2) is 12.4. The summed E-state index contributed by atoms with van der Waals surface area (Å²) in [5.74, 6) is 5.02. The number of para-hydroxylation sites is 1. The Kier molecular flexibility index (Phi) is 7.99. The summed E-state index contributed by atoms with van der Waals surface area (Å²) in [6, 6.07) is 13.7. The topological polar surface area (TPSA) is 119 Å². The summed E-state index contributed by atoms with van der Waals surface area (Å²) in [7, 11) is 0. The molecule has 5 saturated carbocycles. The van der Waals surface area contributed by atoms with Gasteiger partial charge < -0.3 is 30.5 Å². The van der Waals surface area contributed by atoms with Crippen LogP contribution in [-0.4, -0.2) is 64.8 Å². The zero-order valence-corrected chi connectivity index (χ0v) is 26.1. The Hall–Kier alpha value is -3.43. The van der Waals surface area contributed by atoms with Gasteiger partial charge in [0.05, 0.1) is 23.6 Å². The smallest absolute Gasteiger partial charge is 0.213 e. The first kappa shape index (κ1) is 29.0. The first-order chi connectivity index (χ1) is 22.1. The third kappa shape index (κ3) is 5.97. The zero-order valence-electron chi connectivity index (χ0n) is 26.1. The monoisotopic (exact) mass is 610 g/mol. The van der Waals surface area contributed by atoms with E-state index in [9.17, 15) is 5.11 Å². The molecular weight excluding hydrogens is 564 g/mol. The van der Waals surface area contributed by atoms with Crippen LogP contribution < -0.4 is 20.7 Å². The van der Waals surface area contributed by atoms with E-state index < -0.39 is 0 Å². The summed E-state index contributed by atoms with van der Waals surface area (Å²) >= 11 is 0. The number of rotatable bonds is 12. The number of benzene rings is 1. The van der Waals surface area contributed by atoms with Gasteiger partial charge in [-0.15, -0.1) is 10.2 Å². The summed E-state index contributed by atoms with van der Waals surface area (Å²) in [6.07, 6.45) is 13.3. The lowest BCUT2D eigenvalue weighted by Gasteiger charge is -2.59.